The summed E-state index contributed by atoms with van der Waals surface area (Å²) in [5.74, 6) is -1.59. The zero-order valence-electron chi connectivity index (χ0n) is 20.5. The Labute approximate surface area is 200 Å². The molecule has 0 saturated carbocycles. The van der Waals surface area contributed by atoms with E-state index in [0.29, 0.717) is 30.9 Å². The van der Waals surface area contributed by atoms with Gasteiger partial charge in [-0.3, -0.25) is 9.59 Å². The number of nitrogens with zero attached hydrogens (tertiary/aromatic N) is 2. The lowest BCUT2D eigenvalue weighted by molar-refractivity contribution is -0.140. The molecule has 1 unspecified atom stereocenters. The number of amides is 1. The maximum absolute atomic E-state index is 14.9. The molecule has 2 aromatic carbocycles. The fourth-order valence-electron chi connectivity index (χ4n) is 4.28. The standard InChI is InChI=1S/C27H33FN2O4/c1-6-34-22-13-12-18(16-20(22)17(2)3)25(31)23-24(19-10-7-8-11-21(19)28)30(27(33)26(23)32)15-9-14-29(4)5/h7-8,10-13,16-17,24,31H,6,9,14-15H2,1-5H3/b25-23+. The Balaban J connectivity index is 2.15. The fourth-order valence-corrected chi connectivity index (χ4v) is 4.28. The van der Waals surface area contributed by atoms with Gasteiger partial charge in [-0.05, 0) is 69.7 Å². The van der Waals surface area contributed by atoms with E-state index in [0.717, 1.165) is 5.56 Å². The third-order valence-corrected chi connectivity index (χ3v) is 5.95. The topological polar surface area (TPSA) is 70.1 Å². The van der Waals surface area contributed by atoms with Crippen LogP contribution >= 0.6 is 0 Å². The van der Waals surface area contributed by atoms with E-state index in [1.165, 1.54) is 11.0 Å². The van der Waals surface area contributed by atoms with Gasteiger partial charge in [-0.2, -0.15) is 0 Å². The van der Waals surface area contributed by atoms with Crippen LogP contribution in [-0.2, 0) is 9.59 Å². The molecule has 1 amide bonds. The molecule has 1 aliphatic heterocycles. The van der Waals surface area contributed by atoms with Gasteiger partial charge in [-0.15, -0.1) is 0 Å². The van der Waals surface area contributed by atoms with Crippen LogP contribution in [0.1, 0.15) is 55.8 Å². The van der Waals surface area contributed by atoms with E-state index in [2.05, 4.69) is 0 Å². The molecular formula is C27H33FN2O4. The van der Waals surface area contributed by atoms with Crippen LogP contribution in [0.3, 0.4) is 0 Å². The summed E-state index contributed by atoms with van der Waals surface area (Å²) in [5.41, 5.74) is 1.34. The van der Waals surface area contributed by atoms with Crippen LogP contribution in [0.25, 0.3) is 5.76 Å². The van der Waals surface area contributed by atoms with Gasteiger partial charge >= 0.3 is 0 Å². The van der Waals surface area contributed by atoms with E-state index in [4.69, 9.17) is 4.74 Å². The van der Waals surface area contributed by atoms with Gasteiger partial charge in [-0.25, -0.2) is 4.39 Å². The molecule has 1 heterocycles. The Kier molecular flexibility index (Phi) is 8.10. The number of benzene rings is 2. The van der Waals surface area contributed by atoms with Crippen molar-refractivity contribution >= 4 is 17.4 Å². The Hall–Kier alpha value is -3.19. The molecule has 1 atom stereocenters. The molecule has 34 heavy (non-hydrogen) atoms. The molecule has 0 bridgehead atoms. The average molecular weight is 469 g/mol. The molecule has 1 saturated heterocycles. The summed E-state index contributed by atoms with van der Waals surface area (Å²) in [6.07, 6.45) is 0.603. The lowest BCUT2D eigenvalue weighted by atomic mass is 9.93. The maximum atomic E-state index is 14.9. The van der Waals surface area contributed by atoms with E-state index in [1.807, 2.05) is 39.8 Å². The average Bonchev–Trinajstić information content (AvgIpc) is 3.04. The van der Waals surface area contributed by atoms with E-state index in [-0.39, 0.29) is 29.4 Å². The first-order valence-corrected chi connectivity index (χ1v) is 11.6. The van der Waals surface area contributed by atoms with E-state index in [1.54, 1.807) is 36.4 Å². The quantitative estimate of drug-likeness (QED) is 0.328. The highest BCUT2D eigenvalue weighted by molar-refractivity contribution is 6.46. The van der Waals surface area contributed by atoms with Crippen molar-refractivity contribution in [2.45, 2.75) is 39.2 Å². The Morgan fingerprint density at radius 1 is 1.18 bits per heavy atom. The van der Waals surface area contributed by atoms with Crippen molar-refractivity contribution in [2.24, 2.45) is 0 Å². The highest BCUT2D eigenvalue weighted by atomic mass is 19.1. The second-order valence-corrected chi connectivity index (χ2v) is 9.01. The van der Waals surface area contributed by atoms with Gasteiger partial charge in [0.15, 0.2) is 0 Å². The zero-order chi connectivity index (χ0) is 25.0. The minimum atomic E-state index is -1.00. The molecule has 6 nitrogen and oxygen atoms in total. The smallest absolute Gasteiger partial charge is 0.295 e. The molecule has 182 valence electrons. The number of carbonyl (C=O) groups is 2. The van der Waals surface area contributed by atoms with Crippen LogP contribution in [0.2, 0.25) is 0 Å². The minimum absolute atomic E-state index is 0.0983. The van der Waals surface area contributed by atoms with Gasteiger partial charge in [0.05, 0.1) is 18.2 Å². The molecule has 0 spiro atoms. The molecule has 0 aromatic heterocycles. The van der Waals surface area contributed by atoms with Crippen molar-refractivity contribution < 1.29 is 23.8 Å². The first-order chi connectivity index (χ1) is 16.2. The van der Waals surface area contributed by atoms with Crippen LogP contribution in [0.5, 0.6) is 5.75 Å². The van der Waals surface area contributed by atoms with Gasteiger partial charge in [0.1, 0.15) is 17.3 Å². The summed E-state index contributed by atoms with van der Waals surface area (Å²) in [5, 5.41) is 11.3. The summed E-state index contributed by atoms with van der Waals surface area (Å²) in [6.45, 7) is 7.36. The molecule has 1 fully saturated rings. The predicted octanol–water partition coefficient (Wildman–Crippen LogP) is 4.72. The normalized spacial score (nSPS) is 17.8. The third-order valence-electron chi connectivity index (χ3n) is 5.95. The SMILES string of the molecule is CCOc1ccc(/C(O)=C2\C(=O)C(=O)N(CCCN(C)C)C2c2ccccc2F)cc1C(C)C. The number of likely N-dealkylation sites (tertiary alicyclic amines) is 1. The number of halogens is 1. The van der Waals surface area contributed by atoms with Crippen molar-refractivity contribution in [2.75, 3.05) is 33.8 Å². The number of ether oxygens (including phenoxy) is 1. The third kappa shape index (κ3) is 5.14. The molecule has 2 aromatic rings. The van der Waals surface area contributed by atoms with Gasteiger partial charge in [0, 0.05) is 17.7 Å². The van der Waals surface area contributed by atoms with Gasteiger partial charge < -0.3 is 19.6 Å². The lowest BCUT2D eigenvalue weighted by Crippen LogP contribution is -2.32. The predicted molar refractivity (Wildman–Crippen MR) is 130 cm³/mol. The number of Topliss-reactive ketones (excluding diaryl/α,β-unsaturated/α-hetero) is 1. The lowest BCUT2D eigenvalue weighted by Gasteiger charge is -2.26. The second kappa shape index (κ2) is 10.8. The van der Waals surface area contributed by atoms with Gasteiger partial charge in [0.25, 0.3) is 11.7 Å². The number of aliphatic hydroxyl groups excluding tert-OH is 1. The summed E-state index contributed by atoms with van der Waals surface area (Å²) in [4.78, 5) is 29.5. The van der Waals surface area contributed by atoms with E-state index >= 15 is 0 Å². The molecule has 1 N–H and O–H groups in total. The summed E-state index contributed by atoms with van der Waals surface area (Å²) in [7, 11) is 3.83. The van der Waals surface area contributed by atoms with Crippen molar-refractivity contribution in [3.8, 4) is 5.75 Å². The van der Waals surface area contributed by atoms with E-state index in [9.17, 15) is 19.1 Å². The Morgan fingerprint density at radius 3 is 2.50 bits per heavy atom. The Bertz CT molecular complexity index is 1090. The molecule has 3 rings (SSSR count). The number of ketones is 1. The zero-order valence-corrected chi connectivity index (χ0v) is 20.5. The van der Waals surface area contributed by atoms with Crippen LogP contribution in [0.15, 0.2) is 48.0 Å². The highest BCUT2D eigenvalue weighted by Gasteiger charge is 2.46. The first-order valence-electron chi connectivity index (χ1n) is 11.6. The van der Waals surface area contributed by atoms with Crippen molar-refractivity contribution in [3.63, 3.8) is 0 Å². The Morgan fingerprint density at radius 2 is 1.88 bits per heavy atom. The van der Waals surface area contributed by atoms with E-state index < -0.39 is 23.5 Å². The molecule has 0 aliphatic carbocycles. The number of hydrogen-bond donors (Lipinski definition) is 1. The first kappa shape index (κ1) is 25.4. The van der Waals surface area contributed by atoms with Crippen molar-refractivity contribution in [1.29, 1.82) is 0 Å². The van der Waals surface area contributed by atoms with Crippen LogP contribution in [-0.4, -0.2) is 60.4 Å². The van der Waals surface area contributed by atoms with Crippen LogP contribution in [0, 0.1) is 5.82 Å². The number of aliphatic hydroxyl groups is 1. The minimum Gasteiger partial charge on any atom is -0.507 e. The maximum Gasteiger partial charge on any atom is 0.295 e. The van der Waals surface area contributed by atoms with Gasteiger partial charge in [-0.1, -0.05) is 32.0 Å². The monoisotopic (exact) mass is 468 g/mol. The largest absolute Gasteiger partial charge is 0.507 e. The molecular weight excluding hydrogens is 435 g/mol. The highest BCUT2D eigenvalue weighted by Crippen LogP contribution is 2.41. The summed E-state index contributed by atoms with van der Waals surface area (Å²) in [6, 6.07) is 10.2. The van der Waals surface area contributed by atoms with Crippen LogP contribution in [0.4, 0.5) is 4.39 Å². The second-order valence-electron chi connectivity index (χ2n) is 9.01. The number of hydrogen-bond acceptors (Lipinski definition) is 5. The summed E-state index contributed by atoms with van der Waals surface area (Å²) < 4.78 is 20.6. The molecule has 0 radical (unpaired) electrons. The van der Waals surface area contributed by atoms with Crippen molar-refractivity contribution in [3.05, 3.63) is 70.5 Å². The number of rotatable bonds is 9. The summed E-state index contributed by atoms with van der Waals surface area (Å²) >= 11 is 0. The molecule has 1 aliphatic rings. The number of carbonyl (C=O) groups excluding carboxylic acids is 2. The molecule has 7 heteroatoms. The van der Waals surface area contributed by atoms with Crippen molar-refractivity contribution in [1.82, 2.24) is 9.80 Å². The fraction of sp³-hybridized carbons (Fsp3) is 0.407. The van der Waals surface area contributed by atoms with Crippen LogP contribution < -0.4 is 4.74 Å². The van der Waals surface area contributed by atoms with Gasteiger partial charge in [0.2, 0.25) is 0 Å².